The Bertz CT molecular complexity index is 845. The van der Waals surface area contributed by atoms with Crippen LogP contribution in [-0.2, 0) is 6.54 Å². The van der Waals surface area contributed by atoms with E-state index in [1.165, 1.54) is 19.2 Å². The van der Waals surface area contributed by atoms with Gasteiger partial charge in [0.05, 0.1) is 0 Å². The highest BCUT2D eigenvalue weighted by Gasteiger charge is 2.60. The van der Waals surface area contributed by atoms with Crippen molar-refractivity contribution < 1.29 is 22.6 Å². The Morgan fingerprint density at radius 1 is 0.964 bits per heavy atom. The fraction of sp³-hybridized carbons (Fsp3) is 0.278. The zero-order valence-corrected chi connectivity index (χ0v) is 16.6. The molecular weight excluding hydrogens is 440 g/mol. The van der Waals surface area contributed by atoms with Crippen LogP contribution < -0.4 is 9.47 Å². The molecule has 0 saturated heterocycles. The van der Waals surface area contributed by atoms with Gasteiger partial charge in [0.2, 0.25) is 5.84 Å². The minimum Gasteiger partial charge on any atom is -0.427 e. The molecule has 0 bridgehead atoms. The molecule has 3 rings (SSSR count). The molecule has 150 valence electrons. The lowest BCUT2D eigenvalue weighted by atomic mass is 10.2. The molecule has 0 aliphatic carbocycles. The number of ether oxygens (including phenoxy) is 2. The molecular formula is C18H14Cl3F3N2O2. The number of hydrogen-bond donors (Lipinski definition) is 0. The highest BCUT2D eigenvalue weighted by molar-refractivity contribution is 6.68. The lowest BCUT2D eigenvalue weighted by Gasteiger charge is -2.32. The van der Waals surface area contributed by atoms with E-state index < -0.39 is 21.7 Å². The maximum Gasteiger partial charge on any atom is 0.449 e. The number of para-hydroxylation sites is 2. The van der Waals surface area contributed by atoms with E-state index in [0.717, 1.165) is 4.90 Å². The summed E-state index contributed by atoms with van der Waals surface area (Å²) < 4.78 is 49.9. The van der Waals surface area contributed by atoms with E-state index in [9.17, 15) is 13.2 Å². The van der Waals surface area contributed by atoms with Crippen LogP contribution >= 0.6 is 34.8 Å². The average Bonchev–Trinajstić information content (AvgIpc) is 2.99. The quantitative estimate of drug-likeness (QED) is 0.346. The molecule has 1 aliphatic heterocycles. The van der Waals surface area contributed by atoms with Crippen LogP contribution in [0.15, 0.2) is 59.6 Å². The summed E-state index contributed by atoms with van der Waals surface area (Å²) in [5, 5.41) is 0. The van der Waals surface area contributed by atoms with Crippen LogP contribution in [0.25, 0.3) is 0 Å². The van der Waals surface area contributed by atoms with E-state index in [1.807, 2.05) is 0 Å². The van der Waals surface area contributed by atoms with E-state index in [4.69, 9.17) is 44.3 Å². The average molecular weight is 454 g/mol. The molecule has 2 aromatic carbocycles. The molecule has 0 atom stereocenters. The highest BCUT2D eigenvalue weighted by Crippen LogP contribution is 2.51. The predicted octanol–water partition coefficient (Wildman–Crippen LogP) is 5.57. The first kappa shape index (κ1) is 20.9. The number of amidine groups is 1. The number of aliphatic imine (C=N–C) groups is 1. The molecule has 0 saturated carbocycles. The van der Waals surface area contributed by atoms with Gasteiger partial charge in [-0.2, -0.15) is 18.2 Å². The zero-order chi connectivity index (χ0) is 20.6. The van der Waals surface area contributed by atoms with Gasteiger partial charge in [-0.3, -0.25) is 0 Å². The number of rotatable bonds is 3. The van der Waals surface area contributed by atoms with Gasteiger partial charge in [0.15, 0.2) is 11.5 Å². The summed E-state index contributed by atoms with van der Waals surface area (Å²) in [4.78, 5) is 4.53. The molecule has 0 amide bonds. The summed E-state index contributed by atoms with van der Waals surface area (Å²) in [6.45, 7) is -0.0813. The molecule has 4 nitrogen and oxygen atoms in total. The van der Waals surface area contributed by atoms with E-state index in [1.54, 1.807) is 42.5 Å². The molecule has 1 heterocycles. The van der Waals surface area contributed by atoms with Crippen molar-refractivity contribution in [2.45, 2.75) is 22.4 Å². The second-order valence-corrected chi connectivity index (χ2v) is 8.29. The second kappa shape index (κ2) is 7.54. The van der Waals surface area contributed by atoms with E-state index in [-0.39, 0.29) is 18.0 Å². The number of alkyl halides is 6. The van der Waals surface area contributed by atoms with Gasteiger partial charge in [-0.25, -0.2) is 0 Å². The first-order valence-electron chi connectivity index (χ1n) is 7.98. The Kier molecular flexibility index (Phi) is 5.62. The van der Waals surface area contributed by atoms with Gasteiger partial charge >= 0.3 is 12.1 Å². The van der Waals surface area contributed by atoms with Crippen molar-refractivity contribution in [3.05, 3.63) is 60.2 Å². The van der Waals surface area contributed by atoms with Crippen LogP contribution in [0.4, 0.5) is 13.2 Å². The van der Waals surface area contributed by atoms with Crippen LogP contribution in [0.1, 0.15) is 5.56 Å². The number of halogens is 6. The SMILES string of the molecule is CN(Cc1ccccc1)/C(=N/C1(C(Cl)(Cl)Cl)Oc2ccccc2O1)C(F)(F)F. The Hall–Kier alpha value is -1.83. The van der Waals surface area contributed by atoms with Crippen LogP contribution in [-0.4, -0.2) is 33.7 Å². The highest BCUT2D eigenvalue weighted by atomic mass is 35.6. The standard InChI is InChI=1S/C18H14Cl3F3N2O2/c1-26(11-12-7-3-2-4-8-12)15(16(22,23)24)25-18(17(19,20)21)27-13-9-5-6-10-14(13)28-18/h2-10H,11H2,1H3/b25-15+. The molecule has 0 spiro atoms. The summed E-state index contributed by atoms with van der Waals surface area (Å²) in [6, 6.07) is 14.7. The van der Waals surface area contributed by atoms with Crippen LogP contribution in [0.3, 0.4) is 0 Å². The summed E-state index contributed by atoms with van der Waals surface area (Å²) in [5.41, 5.74) is 0.640. The fourth-order valence-corrected chi connectivity index (χ4v) is 2.96. The van der Waals surface area contributed by atoms with E-state index in [2.05, 4.69) is 4.99 Å². The summed E-state index contributed by atoms with van der Waals surface area (Å²) in [5.74, 6) is -3.61. The van der Waals surface area contributed by atoms with Crippen molar-refractivity contribution in [3.8, 4) is 11.5 Å². The zero-order valence-electron chi connectivity index (χ0n) is 14.4. The largest absolute Gasteiger partial charge is 0.449 e. The first-order valence-corrected chi connectivity index (χ1v) is 9.11. The number of fused-ring (bicyclic) bond motifs is 1. The van der Waals surface area contributed by atoms with Crippen LogP contribution in [0, 0.1) is 0 Å². The summed E-state index contributed by atoms with van der Waals surface area (Å²) >= 11 is 17.8. The third-order valence-electron chi connectivity index (χ3n) is 3.83. The topological polar surface area (TPSA) is 34.1 Å². The second-order valence-electron chi connectivity index (χ2n) is 6.01. The van der Waals surface area contributed by atoms with E-state index in [0.29, 0.717) is 5.56 Å². The Morgan fingerprint density at radius 3 is 1.93 bits per heavy atom. The molecule has 2 aromatic rings. The van der Waals surface area contributed by atoms with Crippen molar-refractivity contribution in [2.24, 2.45) is 4.99 Å². The smallest absolute Gasteiger partial charge is 0.427 e. The summed E-state index contributed by atoms with van der Waals surface area (Å²) in [6.07, 6.45) is -4.85. The molecule has 10 heteroatoms. The van der Waals surface area contributed by atoms with Gasteiger partial charge in [-0.15, -0.1) is 0 Å². The van der Waals surface area contributed by atoms with Gasteiger partial charge in [-0.05, 0) is 17.7 Å². The maximum atomic E-state index is 13.8. The summed E-state index contributed by atoms with van der Waals surface area (Å²) in [7, 11) is 1.23. The number of nitrogens with zero attached hydrogens (tertiary/aromatic N) is 2. The molecule has 0 aromatic heterocycles. The number of benzene rings is 2. The third-order valence-corrected chi connectivity index (χ3v) is 4.55. The lowest BCUT2D eigenvalue weighted by Crippen LogP contribution is -2.52. The van der Waals surface area contributed by atoms with Crippen molar-refractivity contribution in [1.29, 1.82) is 0 Å². The van der Waals surface area contributed by atoms with Gasteiger partial charge in [0, 0.05) is 13.6 Å². The Balaban J connectivity index is 2.02. The maximum absolute atomic E-state index is 13.8. The van der Waals surface area contributed by atoms with Gasteiger partial charge in [0.25, 0.3) is 3.79 Å². The minimum absolute atomic E-state index is 0.0813. The molecule has 0 fully saturated rings. The van der Waals surface area contributed by atoms with Crippen LogP contribution in [0.2, 0.25) is 0 Å². The molecule has 0 N–H and O–H groups in total. The Labute approximate surface area is 174 Å². The molecule has 0 unspecified atom stereocenters. The monoisotopic (exact) mass is 452 g/mol. The van der Waals surface area contributed by atoms with E-state index >= 15 is 0 Å². The van der Waals surface area contributed by atoms with Gasteiger partial charge in [-0.1, -0.05) is 77.3 Å². The van der Waals surface area contributed by atoms with Crippen LogP contribution in [0.5, 0.6) is 11.5 Å². The number of hydrogen-bond acceptors (Lipinski definition) is 3. The Morgan fingerprint density at radius 2 is 1.46 bits per heavy atom. The van der Waals surface area contributed by atoms with Crippen molar-refractivity contribution >= 4 is 40.6 Å². The normalized spacial score (nSPS) is 16.2. The molecule has 28 heavy (non-hydrogen) atoms. The first-order chi connectivity index (χ1) is 13.0. The molecule has 0 radical (unpaired) electrons. The third kappa shape index (κ3) is 4.26. The molecule has 1 aliphatic rings. The minimum atomic E-state index is -4.85. The van der Waals surface area contributed by atoms with Crippen molar-refractivity contribution in [2.75, 3.05) is 7.05 Å². The van der Waals surface area contributed by atoms with Crippen molar-refractivity contribution in [3.63, 3.8) is 0 Å². The van der Waals surface area contributed by atoms with Gasteiger partial charge < -0.3 is 14.4 Å². The van der Waals surface area contributed by atoms with Gasteiger partial charge in [0.1, 0.15) is 0 Å². The van der Waals surface area contributed by atoms with Crippen molar-refractivity contribution in [1.82, 2.24) is 4.90 Å². The fourth-order valence-electron chi connectivity index (χ4n) is 2.60. The predicted molar refractivity (Wildman–Crippen MR) is 102 cm³/mol. The lowest BCUT2D eigenvalue weighted by molar-refractivity contribution is -0.0890.